The van der Waals surface area contributed by atoms with Crippen molar-refractivity contribution in [3.05, 3.63) is 125 Å². The Bertz CT molecular complexity index is 1640. The van der Waals surface area contributed by atoms with Crippen LogP contribution in [0.1, 0.15) is 43.6 Å². The van der Waals surface area contributed by atoms with E-state index in [0.717, 1.165) is 16.7 Å². The highest BCUT2D eigenvalue weighted by molar-refractivity contribution is 7.89. The van der Waals surface area contributed by atoms with Gasteiger partial charge in [-0.2, -0.15) is 0 Å². The molecule has 0 aliphatic rings. The molecule has 0 radical (unpaired) electrons. The van der Waals surface area contributed by atoms with Gasteiger partial charge in [0.15, 0.2) is 0 Å². The first-order valence-electron chi connectivity index (χ1n) is 13.2. The van der Waals surface area contributed by atoms with E-state index in [9.17, 15) is 13.2 Å². The van der Waals surface area contributed by atoms with Gasteiger partial charge in [0.2, 0.25) is 10.0 Å². The topological polar surface area (TPSA) is 111 Å². The molecule has 3 aromatic rings. The normalized spacial score (nSPS) is 12.3. The molecule has 41 heavy (non-hydrogen) atoms. The maximum Gasteiger partial charge on any atom is 0.259 e. The van der Waals surface area contributed by atoms with Gasteiger partial charge in [-0.3, -0.25) is 4.79 Å². The number of anilines is 1. The maximum atomic E-state index is 13.4. The number of benzene rings is 3. The molecule has 4 N–H and O–H groups in total. The number of hydrogen-bond acceptors (Lipinski definition) is 5. The van der Waals surface area contributed by atoms with Crippen molar-refractivity contribution in [3.8, 4) is 16.9 Å². The third-order valence-electron chi connectivity index (χ3n) is 6.30. The molecule has 0 aromatic heterocycles. The zero-order chi connectivity index (χ0) is 30.2. The van der Waals surface area contributed by atoms with E-state index in [-0.39, 0.29) is 10.8 Å². The van der Waals surface area contributed by atoms with Gasteiger partial charge in [0.05, 0.1) is 10.5 Å². The molecule has 0 fully saturated rings. The van der Waals surface area contributed by atoms with E-state index in [1.165, 1.54) is 7.05 Å². The van der Waals surface area contributed by atoms with Gasteiger partial charge >= 0.3 is 0 Å². The first-order valence-corrected chi connectivity index (χ1v) is 14.7. The van der Waals surface area contributed by atoms with Gasteiger partial charge in [0.25, 0.3) is 5.91 Å². The van der Waals surface area contributed by atoms with E-state index < -0.39 is 10.0 Å². The Labute approximate surface area is 243 Å². The van der Waals surface area contributed by atoms with Gasteiger partial charge in [-0.25, -0.2) is 13.1 Å². The van der Waals surface area contributed by atoms with Gasteiger partial charge in [-0.1, -0.05) is 54.1 Å². The fourth-order valence-corrected chi connectivity index (χ4v) is 5.00. The predicted octanol–water partition coefficient (Wildman–Crippen LogP) is 6.86. The number of amides is 1. The number of sulfonamides is 1. The Morgan fingerprint density at radius 3 is 2.27 bits per heavy atom. The van der Waals surface area contributed by atoms with E-state index in [4.69, 9.17) is 10.5 Å². The molecular weight excluding hydrogens is 534 g/mol. The number of aryl methyl sites for hydroxylation is 1. The molecule has 0 unspecified atom stereocenters. The SMILES string of the molecule is C\C=C/C(=C\C(=C/C)C(N)=C(C)C)Oc1cc(C)ccc1C(=O)Nc1ccc(-c2ccccc2S(=O)(=O)NC)cc1. The molecule has 0 aliphatic heterocycles. The van der Waals surface area contributed by atoms with Gasteiger partial charge in [0.1, 0.15) is 11.5 Å². The largest absolute Gasteiger partial charge is 0.457 e. The first-order chi connectivity index (χ1) is 19.5. The van der Waals surface area contributed by atoms with Crippen LogP contribution in [0.25, 0.3) is 11.1 Å². The van der Waals surface area contributed by atoms with Crippen LogP contribution in [0.5, 0.6) is 5.75 Å². The highest BCUT2D eigenvalue weighted by Gasteiger charge is 2.18. The number of ether oxygens (including phenoxy) is 1. The number of carbonyl (C=O) groups excluding carboxylic acids is 1. The molecule has 0 aliphatic carbocycles. The summed E-state index contributed by atoms with van der Waals surface area (Å²) < 4.78 is 33.6. The fourth-order valence-electron chi connectivity index (χ4n) is 4.04. The smallest absolute Gasteiger partial charge is 0.259 e. The first kappa shape index (κ1) is 31.1. The summed E-state index contributed by atoms with van der Waals surface area (Å²) in [7, 11) is -2.26. The van der Waals surface area contributed by atoms with Crippen molar-refractivity contribution < 1.29 is 17.9 Å². The van der Waals surface area contributed by atoms with Crippen LogP contribution in [0.3, 0.4) is 0 Å². The maximum absolute atomic E-state index is 13.4. The molecule has 0 saturated heterocycles. The van der Waals surface area contributed by atoms with Gasteiger partial charge < -0.3 is 15.8 Å². The minimum atomic E-state index is -3.64. The van der Waals surface area contributed by atoms with Crippen molar-refractivity contribution in [2.45, 2.75) is 39.5 Å². The monoisotopic (exact) mass is 571 g/mol. The van der Waals surface area contributed by atoms with Gasteiger partial charge in [0, 0.05) is 16.9 Å². The van der Waals surface area contributed by atoms with Crippen LogP contribution in [-0.4, -0.2) is 21.4 Å². The van der Waals surface area contributed by atoms with Crippen molar-refractivity contribution in [2.75, 3.05) is 12.4 Å². The Hall–Kier alpha value is -4.40. The molecule has 0 bridgehead atoms. The van der Waals surface area contributed by atoms with Crippen molar-refractivity contribution >= 4 is 21.6 Å². The molecule has 214 valence electrons. The number of hydrogen-bond donors (Lipinski definition) is 3. The minimum Gasteiger partial charge on any atom is -0.457 e. The Morgan fingerprint density at radius 1 is 0.976 bits per heavy atom. The lowest BCUT2D eigenvalue weighted by molar-refractivity contribution is 0.102. The zero-order valence-electron chi connectivity index (χ0n) is 24.3. The van der Waals surface area contributed by atoms with Crippen LogP contribution in [0, 0.1) is 6.92 Å². The summed E-state index contributed by atoms with van der Waals surface area (Å²) in [4.78, 5) is 13.6. The summed E-state index contributed by atoms with van der Waals surface area (Å²) in [6.07, 6.45) is 7.43. The molecule has 0 saturated carbocycles. The standard InChI is InChI=1S/C33H37N3O4S/c1-7-11-27(21-24(8-2)32(34)22(3)4)40-30-20-23(5)14-19-29(30)33(37)36-26-17-15-25(16-18-26)28-12-9-10-13-31(28)41(38,39)35-6/h7-21,35H,34H2,1-6H3,(H,36,37)/b11-7-,24-8+,27-21+. The van der Waals surface area contributed by atoms with Crippen LogP contribution >= 0.6 is 0 Å². The molecule has 0 spiro atoms. The van der Waals surface area contributed by atoms with E-state index in [1.807, 2.05) is 71.1 Å². The third kappa shape index (κ3) is 7.84. The van der Waals surface area contributed by atoms with Gasteiger partial charge in [-0.15, -0.1) is 0 Å². The lowest BCUT2D eigenvalue weighted by atomic mass is 10.1. The molecular formula is C33H37N3O4S. The highest BCUT2D eigenvalue weighted by Crippen LogP contribution is 2.29. The minimum absolute atomic E-state index is 0.179. The average molecular weight is 572 g/mol. The lowest BCUT2D eigenvalue weighted by Gasteiger charge is -2.15. The van der Waals surface area contributed by atoms with Crippen LogP contribution in [0.4, 0.5) is 5.69 Å². The molecule has 0 atom stereocenters. The number of nitrogens with one attached hydrogen (secondary N) is 2. The number of allylic oxidation sites excluding steroid dienone is 5. The van der Waals surface area contributed by atoms with Gasteiger partial charge in [-0.05, 0) is 101 Å². The molecule has 7 nitrogen and oxygen atoms in total. The molecule has 0 heterocycles. The zero-order valence-corrected chi connectivity index (χ0v) is 25.1. The average Bonchev–Trinajstić information content (AvgIpc) is 2.96. The van der Waals surface area contributed by atoms with Crippen LogP contribution in [0.2, 0.25) is 0 Å². The Kier molecular flexibility index (Phi) is 10.5. The van der Waals surface area contributed by atoms with Crippen molar-refractivity contribution in [3.63, 3.8) is 0 Å². The molecule has 1 amide bonds. The molecule has 3 rings (SSSR count). The van der Waals surface area contributed by atoms with Crippen molar-refractivity contribution in [2.24, 2.45) is 5.73 Å². The second kappa shape index (κ2) is 13.8. The van der Waals surface area contributed by atoms with Crippen LogP contribution in [0.15, 0.2) is 119 Å². The second-order valence-electron chi connectivity index (χ2n) is 9.54. The number of nitrogens with two attached hydrogens (primary N) is 1. The van der Waals surface area contributed by atoms with E-state index in [0.29, 0.717) is 39.6 Å². The van der Waals surface area contributed by atoms with Crippen molar-refractivity contribution in [1.29, 1.82) is 0 Å². The quantitative estimate of drug-likeness (QED) is 0.182. The predicted molar refractivity (Wildman–Crippen MR) is 167 cm³/mol. The Morgan fingerprint density at radius 2 is 1.66 bits per heavy atom. The third-order valence-corrected chi connectivity index (χ3v) is 7.77. The molecule has 3 aromatic carbocycles. The van der Waals surface area contributed by atoms with Crippen molar-refractivity contribution in [1.82, 2.24) is 4.72 Å². The summed E-state index contributed by atoms with van der Waals surface area (Å²) in [6, 6.07) is 19.1. The lowest BCUT2D eigenvalue weighted by Crippen LogP contribution is -2.19. The summed E-state index contributed by atoms with van der Waals surface area (Å²) in [6.45, 7) is 9.61. The summed E-state index contributed by atoms with van der Waals surface area (Å²) in [5.41, 5.74) is 11.9. The van der Waals surface area contributed by atoms with E-state index in [1.54, 1.807) is 54.6 Å². The van der Waals surface area contributed by atoms with E-state index >= 15 is 0 Å². The summed E-state index contributed by atoms with van der Waals surface area (Å²) in [5.74, 6) is 0.589. The fraction of sp³-hybridized carbons (Fsp3) is 0.182. The van der Waals surface area contributed by atoms with Crippen LogP contribution in [-0.2, 0) is 10.0 Å². The number of carbonyl (C=O) groups is 1. The molecule has 8 heteroatoms. The van der Waals surface area contributed by atoms with Crippen LogP contribution < -0.4 is 20.5 Å². The Balaban J connectivity index is 1.91. The van der Waals surface area contributed by atoms with E-state index in [2.05, 4.69) is 10.0 Å². The second-order valence-corrected chi connectivity index (χ2v) is 11.4. The summed E-state index contributed by atoms with van der Waals surface area (Å²) >= 11 is 0. The highest BCUT2D eigenvalue weighted by atomic mass is 32.2. The number of rotatable bonds is 10. The summed E-state index contributed by atoms with van der Waals surface area (Å²) in [5, 5.41) is 2.92.